The SMILES string of the molecule is Fc1cc(-c2ccc(S)cc2)ccc1COc1cc(F)c(F)c(F)c1. The summed E-state index contributed by atoms with van der Waals surface area (Å²) >= 11 is 4.20. The Hall–Kier alpha value is -2.47. The van der Waals surface area contributed by atoms with Crippen LogP contribution in [0, 0.1) is 23.3 Å². The molecule has 25 heavy (non-hydrogen) atoms. The lowest BCUT2D eigenvalue weighted by atomic mass is 10.0. The number of hydrogen-bond acceptors (Lipinski definition) is 2. The molecular weight excluding hydrogens is 352 g/mol. The van der Waals surface area contributed by atoms with E-state index in [0.29, 0.717) is 17.7 Å². The summed E-state index contributed by atoms with van der Waals surface area (Å²) in [5.74, 6) is -5.04. The number of benzene rings is 3. The van der Waals surface area contributed by atoms with Gasteiger partial charge in [0.2, 0.25) is 0 Å². The molecule has 128 valence electrons. The van der Waals surface area contributed by atoms with Gasteiger partial charge in [0.25, 0.3) is 0 Å². The van der Waals surface area contributed by atoms with Gasteiger partial charge in [-0.1, -0.05) is 24.3 Å². The van der Waals surface area contributed by atoms with Crippen LogP contribution in [0.25, 0.3) is 11.1 Å². The second-order valence-corrected chi connectivity index (χ2v) is 5.86. The van der Waals surface area contributed by atoms with Gasteiger partial charge in [-0.15, -0.1) is 12.6 Å². The van der Waals surface area contributed by atoms with Gasteiger partial charge in [0.05, 0.1) is 0 Å². The summed E-state index contributed by atoms with van der Waals surface area (Å²) in [4.78, 5) is 0.799. The second kappa shape index (κ2) is 7.19. The first-order valence-corrected chi connectivity index (χ1v) is 7.74. The quantitative estimate of drug-likeness (QED) is 0.351. The maximum atomic E-state index is 14.2. The van der Waals surface area contributed by atoms with E-state index in [0.717, 1.165) is 10.5 Å². The highest BCUT2D eigenvalue weighted by atomic mass is 32.1. The van der Waals surface area contributed by atoms with Crippen molar-refractivity contribution >= 4 is 12.6 Å². The van der Waals surface area contributed by atoms with Gasteiger partial charge in [-0.25, -0.2) is 17.6 Å². The van der Waals surface area contributed by atoms with Crippen LogP contribution >= 0.6 is 12.6 Å². The zero-order chi connectivity index (χ0) is 18.0. The number of rotatable bonds is 4. The molecule has 3 aromatic rings. The van der Waals surface area contributed by atoms with E-state index in [2.05, 4.69) is 12.6 Å². The van der Waals surface area contributed by atoms with Crippen LogP contribution in [0.15, 0.2) is 59.5 Å². The minimum Gasteiger partial charge on any atom is -0.489 e. The molecule has 0 spiro atoms. The molecular formula is C19H12F4OS. The van der Waals surface area contributed by atoms with Gasteiger partial charge in [0.15, 0.2) is 17.5 Å². The van der Waals surface area contributed by atoms with Crippen molar-refractivity contribution in [2.45, 2.75) is 11.5 Å². The molecule has 0 radical (unpaired) electrons. The molecule has 0 heterocycles. The summed E-state index contributed by atoms with van der Waals surface area (Å²) in [5, 5.41) is 0. The zero-order valence-electron chi connectivity index (χ0n) is 12.8. The van der Waals surface area contributed by atoms with Gasteiger partial charge in [0, 0.05) is 22.6 Å². The largest absolute Gasteiger partial charge is 0.489 e. The van der Waals surface area contributed by atoms with Gasteiger partial charge < -0.3 is 4.74 Å². The Labute approximate surface area is 147 Å². The van der Waals surface area contributed by atoms with Gasteiger partial charge >= 0.3 is 0 Å². The van der Waals surface area contributed by atoms with Crippen LogP contribution in [0.3, 0.4) is 0 Å². The van der Waals surface area contributed by atoms with Crippen LogP contribution in [-0.2, 0) is 6.61 Å². The van der Waals surface area contributed by atoms with E-state index >= 15 is 0 Å². The van der Waals surface area contributed by atoms with Crippen LogP contribution < -0.4 is 4.74 Å². The number of thiol groups is 1. The van der Waals surface area contributed by atoms with E-state index in [1.54, 1.807) is 18.2 Å². The Morgan fingerprint density at radius 3 is 1.92 bits per heavy atom. The van der Waals surface area contributed by atoms with E-state index in [-0.39, 0.29) is 17.9 Å². The minimum absolute atomic E-state index is 0.208. The summed E-state index contributed by atoms with van der Waals surface area (Å²) in [6, 6.07) is 13.2. The van der Waals surface area contributed by atoms with E-state index in [1.165, 1.54) is 12.1 Å². The van der Waals surface area contributed by atoms with Crippen molar-refractivity contribution < 1.29 is 22.3 Å². The summed E-state index contributed by atoms with van der Waals surface area (Å²) < 4.78 is 58.6. The number of hydrogen-bond donors (Lipinski definition) is 1. The maximum absolute atomic E-state index is 14.2. The normalized spacial score (nSPS) is 10.8. The first-order chi connectivity index (χ1) is 11.9. The fraction of sp³-hybridized carbons (Fsp3) is 0.0526. The van der Waals surface area contributed by atoms with Crippen molar-refractivity contribution in [2.75, 3.05) is 0 Å². The summed E-state index contributed by atoms with van der Waals surface area (Å²) in [7, 11) is 0. The average molecular weight is 364 g/mol. The third kappa shape index (κ3) is 3.96. The van der Waals surface area contributed by atoms with Crippen molar-refractivity contribution in [2.24, 2.45) is 0 Å². The van der Waals surface area contributed by atoms with E-state index < -0.39 is 23.3 Å². The minimum atomic E-state index is -1.57. The second-order valence-electron chi connectivity index (χ2n) is 5.34. The Bertz CT molecular complexity index is 887. The van der Waals surface area contributed by atoms with Crippen LogP contribution in [0.4, 0.5) is 17.6 Å². The molecule has 0 saturated heterocycles. The Morgan fingerprint density at radius 2 is 1.32 bits per heavy atom. The predicted molar refractivity (Wildman–Crippen MR) is 89.7 cm³/mol. The van der Waals surface area contributed by atoms with Crippen LogP contribution in [-0.4, -0.2) is 0 Å². The average Bonchev–Trinajstić information content (AvgIpc) is 2.59. The lowest BCUT2D eigenvalue weighted by Crippen LogP contribution is -2.01. The molecule has 0 aromatic heterocycles. The Balaban J connectivity index is 1.76. The molecule has 0 unspecified atom stereocenters. The fourth-order valence-corrected chi connectivity index (χ4v) is 2.42. The van der Waals surface area contributed by atoms with Gasteiger partial charge in [-0.2, -0.15) is 0 Å². The molecule has 0 aliphatic rings. The molecule has 1 nitrogen and oxygen atoms in total. The third-order valence-electron chi connectivity index (χ3n) is 3.61. The highest BCUT2D eigenvalue weighted by molar-refractivity contribution is 7.80. The Morgan fingerprint density at radius 1 is 0.720 bits per heavy atom. The topological polar surface area (TPSA) is 9.23 Å². The smallest absolute Gasteiger partial charge is 0.194 e. The van der Waals surface area contributed by atoms with Gasteiger partial charge in [-0.3, -0.25) is 0 Å². The van der Waals surface area contributed by atoms with Crippen molar-refractivity contribution in [1.82, 2.24) is 0 Å². The Kier molecular flexibility index (Phi) is 4.99. The molecule has 0 bridgehead atoms. The van der Waals surface area contributed by atoms with Crippen molar-refractivity contribution in [1.29, 1.82) is 0 Å². The monoisotopic (exact) mass is 364 g/mol. The highest BCUT2D eigenvalue weighted by Crippen LogP contribution is 2.25. The molecule has 0 atom stereocenters. The van der Waals surface area contributed by atoms with Crippen molar-refractivity contribution in [3.63, 3.8) is 0 Å². The maximum Gasteiger partial charge on any atom is 0.194 e. The molecule has 0 saturated carbocycles. The zero-order valence-corrected chi connectivity index (χ0v) is 13.7. The molecule has 3 rings (SSSR count). The highest BCUT2D eigenvalue weighted by Gasteiger charge is 2.12. The molecule has 6 heteroatoms. The first kappa shape index (κ1) is 17.4. The molecule has 0 amide bonds. The van der Waals surface area contributed by atoms with Crippen molar-refractivity contribution in [3.8, 4) is 16.9 Å². The van der Waals surface area contributed by atoms with Gasteiger partial charge in [-0.05, 0) is 29.3 Å². The van der Waals surface area contributed by atoms with Crippen LogP contribution in [0.1, 0.15) is 5.56 Å². The van der Waals surface area contributed by atoms with Crippen molar-refractivity contribution in [3.05, 3.63) is 83.4 Å². The predicted octanol–water partition coefficient (Wildman–Crippen LogP) is 5.78. The molecule has 0 fully saturated rings. The van der Waals surface area contributed by atoms with Gasteiger partial charge in [0.1, 0.15) is 18.2 Å². The lowest BCUT2D eigenvalue weighted by Gasteiger charge is -2.10. The molecule has 0 aliphatic heterocycles. The van der Waals surface area contributed by atoms with Crippen LogP contribution in [0.5, 0.6) is 5.75 Å². The number of halogens is 4. The van der Waals surface area contributed by atoms with E-state index in [4.69, 9.17) is 4.74 Å². The molecule has 0 N–H and O–H groups in total. The van der Waals surface area contributed by atoms with Crippen LogP contribution in [0.2, 0.25) is 0 Å². The molecule has 3 aromatic carbocycles. The first-order valence-electron chi connectivity index (χ1n) is 7.29. The summed E-state index contributed by atoms with van der Waals surface area (Å²) in [6.07, 6.45) is 0. The fourth-order valence-electron chi connectivity index (χ4n) is 2.27. The lowest BCUT2D eigenvalue weighted by molar-refractivity contribution is 0.294. The van der Waals surface area contributed by atoms with E-state index in [1.807, 2.05) is 12.1 Å². The standard InChI is InChI=1S/C19H12F4OS/c20-16-7-12(11-3-5-15(25)6-4-11)1-2-13(16)10-24-14-8-17(21)19(23)18(22)9-14/h1-9,25H,10H2. The summed E-state index contributed by atoms with van der Waals surface area (Å²) in [6.45, 7) is -0.244. The van der Waals surface area contributed by atoms with E-state index in [9.17, 15) is 17.6 Å². The summed E-state index contributed by atoms with van der Waals surface area (Å²) in [5.41, 5.74) is 1.71. The third-order valence-corrected chi connectivity index (χ3v) is 3.90. The molecule has 0 aliphatic carbocycles. The number of ether oxygens (including phenoxy) is 1.